The highest BCUT2D eigenvalue weighted by atomic mass is 32.2. The summed E-state index contributed by atoms with van der Waals surface area (Å²) in [6, 6.07) is 0. The van der Waals surface area contributed by atoms with Crippen LogP contribution < -0.4 is 9.62 Å². The Balaban J connectivity index is 1.24. The summed E-state index contributed by atoms with van der Waals surface area (Å²) < 4.78 is 45.3. The fourth-order valence-electron chi connectivity index (χ4n) is 3.32. The minimum atomic E-state index is -3.12. The Kier molecular flexibility index (Phi) is 3.97. The summed E-state index contributed by atoms with van der Waals surface area (Å²) in [5, 5.41) is -0.177. The molecule has 1 N–H and O–H groups in total. The lowest BCUT2D eigenvalue weighted by atomic mass is 9.83. The molecule has 7 nitrogen and oxygen atoms in total. The van der Waals surface area contributed by atoms with E-state index in [0.29, 0.717) is 32.2 Å². The van der Waals surface area contributed by atoms with Crippen molar-refractivity contribution < 1.29 is 17.5 Å². The third-order valence-electron chi connectivity index (χ3n) is 5.02. The van der Waals surface area contributed by atoms with E-state index >= 15 is 0 Å². The van der Waals surface area contributed by atoms with Crippen LogP contribution in [0.1, 0.15) is 25.7 Å². The molecule has 0 bridgehead atoms. The van der Waals surface area contributed by atoms with Gasteiger partial charge in [0.05, 0.1) is 37.3 Å². The monoisotopic (exact) mass is 356 g/mol. The molecule has 24 heavy (non-hydrogen) atoms. The van der Waals surface area contributed by atoms with Gasteiger partial charge in [-0.25, -0.2) is 27.5 Å². The van der Waals surface area contributed by atoms with E-state index in [-0.39, 0.29) is 16.8 Å². The molecule has 1 aromatic heterocycles. The van der Waals surface area contributed by atoms with Gasteiger partial charge < -0.3 is 9.64 Å². The lowest BCUT2D eigenvalue weighted by Gasteiger charge is -2.52. The Morgan fingerprint density at radius 2 is 2.00 bits per heavy atom. The number of hydrogen-bond acceptors (Lipinski definition) is 6. The highest BCUT2D eigenvalue weighted by molar-refractivity contribution is 7.90. The van der Waals surface area contributed by atoms with E-state index < -0.39 is 15.8 Å². The summed E-state index contributed by atoms with van der Waals surface area (Å²) in [6.45, 7) is 2.41. The maximum absolute atomic E-state index is 12.9. The molecule has 1 aliphatic carbocycles. The number of hydrogen-bond donors (Lipinski definition) is 1. The van der Waals surface area contributed by atoms with Crippen molar-refractivity contribution >= 4 is 16.0 Å². The van der Waals surface area contributed by atoms with Gasteiger partial charge in [0.2, 0.25) is 16.0 Å². The first-order valence-electron chi connectivity index (χ1n) is 8.31. The maximum atomic E-state index is 12.9. The third kappa shape index (κ3) is 3.25. The van der Waals surface area contributed by atoms with Crippen molar-refractivity contribution in [1.82, 2.24) is 14.7 Å². The van der Waals surface area contributed by atoms with Crippen LogP contribution in [0.2, 0.25) is 0 Å². The molecule has 3 fully saturated rings. The van der Waals surface area contributed by atoms with Crippen molar-refractivity contribution in [3.63, 3.8) is 0 Å². The van der Waals surface area contributed by atoms with Crippen molar-refractivity contribution in [3.8, 4) is 0 Å². The highest BCUT2D eigenvalue weighted by Gasteiger charge is 2.47. The highest BCUT2D eigenvalue weighted by Crippen LogP contribution is 2.37. The number of nitrogens with zero attached hydrogens (tertiary/aromatic N) is 3. The van der Waals surface area contributed by atoms with Gasteiger partial charge >= 0.3 is 0 Å². The SMILES string of the molecule is O=S(=O)(NC[C@@H]1CCC2(CN(c3ncc(F)cn3)C2)OC1)C1CC1. The zero-order chi connectivity index (χ0) is 16.8. The van der Waals surface area contributed by atoms with Crippen LogP contribution in [0, 0.1) is 11.7 Å². The Labute approximate surface area is 140 Å². The van der Waals surface area contributed by atoms with Gasteiger partial charge in [-0.3, -0.25) is 0 Å². The van der Waals surface area contributed by atoms with Gasteiger partial charge in [0.25, 0.3) is 0 Å². The molecule has 0 amide bonds. The molecular weight excluding hydrogens is 335 g/mol. The summed E-state index contributed by atoms with van der Waals surface area (Å²) in [7, 11) is -3.12. The van der Waals surface area contributed by atoms with Crippen molar-refractivity contribution in [2.45, 2.75) is 36.5 Å². The van der Waals surface area contributed by atoms with Crippen molar-refractivity contribution in [2.75, 3.05) is 31.1 Å². The molecule has 2 saturated heterocycles. The van der Waals surface area contributed by atoms with Gasteiger partial charge in [0.1, 0.15) is 5.60 Å². The van der Waals surface area contributed by atoms with Crippen LogP contribution >= 0.6 is 0 Å². The quantitative estimate of drug-likeness (QED) is 0.835. The Hall–Kier alpha value is -1.32. The average Bonchev–Trinajstić information content (AvgIpc) is 3.38. The molecule has 1 atom stereocenters. The molecule has 0 unspecified atom stereocenters. The zero-order valence-electron chi connectivity index (χ0n) is 13.3. The molecule has 0 radical (unpaired) electrons. The van der Waals surface area contributed by atoms with E-state index in [1.807, 2.05) is 4.90 Å². The van der Waals surface area contributed by atoms with E-state index in [1.165, 1.54) is 0 Å². The Morgan fingerprint density at radius 1 is 1.29 bits per heavy atom. The second-order valence-corrected chi connectivity index (χ2v) is 9.09. The fraction of sp³-hybridized carbons (Fsp3) is 0.733. The molecule has 3 aliphatic rings. The molecule has 2 aliphatic heterocycles. The number of nitrogens with one attached hydrogen (secondary N) is 1. The summed E-state index contributed by atoms with van der Waals surface area (Å²) >= 11 is 0. The predicted octanol–water partition coefficient (Wildman–Crippen LogP) is 0.683. The van der Waals surface area contributed by atoms with Crippen molar-refractivity contribution in [2.24, 2.45) is 5.92 Å². The topological polar surface area (TPSA) is 84.4 Å². The van der Waals surface area contributed by atoms with E-state index in [4.69, 9.17) is 4.74 Å². The first-order valence-corrected chi connectivity index (χ1v) is 9.85. The standard InChI is InChI=1S/C15H21FN4O3S/c16-12-6-17-14(18-7-12)20-9-15(10-20)4-3-11(8-23-15)5-19-24(21,22)13-1-2-13/h6-7,11,13,19H,1-5,8-10H2/t11-/m0/s1. The second kappa shape index (κ2) is 5.89. The Bertz CT molecular complexity index is 692. The lowest BCUT2D eigenvalue weighted by Crippen LogP contribution is -2.65. The first kappa shape index (κ1) is 16.2. The number of rotatable bonds is 5. The fourth-order valence-corrected chi connectivity index (χ4v) is 4.78. The maximum Gasteiger partial charge on any atom is 0.225 e. The van der Waals surface area contributed by atoms with Crippen LogP contribution in [0.25, 0.3) is 0 Å². The van der Waals surface area contributed by atoms with Gasteiger partial charge in [-0.2, -0.15) is 0 Å². The average molecular weight is 356 g/mol. The normalized spacial score (nSPS) is 26.4. The van der Waals surface area contributed by atoms with Crippen molar-refractivity contribution in [1.29, 1.82) is 0 Å². The van der Waals surface area contributed by atoms with E-state index in [1.54, 1.807) is 0 Å². The summed E-state index contributed by atoms with van der Waals surface area (Å²) in [6.07, 6.45) is 5.71. The molecule has 1 aromatic rings. The van der Waals surface area contributed by atoms with Gasteiger partial charge in [0, 0.05) is 6.54 Å². The number of sulfonamides is 1. The largest absolute Gasteiger partial charge is 0.371 e. The van der Waals surface area contributed by atoms with Gasteiger partial charge in [-0.1, -0.05) is 0 Å². The number of anilines is 1. The zero-order valence-corrected chi connectivity index (χ0v) is 14.1. The van der Waals surface area contributed by atoms with Gasteiger partial charge in [0.15, 0.2) is 5.82 Å². The molecule has 9 heteroatoms. The van der Waals surface area contributed by atoms with Gasteiger partial charge in [-0.15, -0.1) is 0 Å². The van der Waals surface area contributed by atoms with Crippen LogP contribution in [0.5, 0.6) is 0 Å². The van der Waals surface area contributed by atoms with E-state index in [0.717, 1.165) is 38.1 Å². The lowest BCUT2D eigenvalue weighted by molar-refractivity contribution is -0.115. The summed E-state index contributed by atoms with van der Waals surface area (Å²) in [5.41, 5.74) is -0.191. The minimum Gasteiger partial charge on any atom is -0.371 e. The third-order valence-corrected chi connectivity index (χ3v) is 6.94. The summed E-state index contributed by atoms with van der Waals surface area (Å²) in [4.78, 5) is 9.93. The van der Waals surface area contributed by atoms with E-state index in [2.05, 4.69) is 14.7 Å². The molecular formula is C15H21FN4O3S. The molecule has 4 rings (SSSR count). The van der Waals surface area contributed by atoms with Crippen LogP contribution in [0.4, 0.5) is 10.3 Å². The smallest absolute Gasteiger partial charge is 0.225 e. The number of ether oxygens (including phenoxy) is 1. The molecule has 1 spiro atoms. The van der Waals surface area contributed by atoms with Crippen LogP contribution in [0.3, 0.4) is 0 Å². The molecule has 132 valence electrons. The summed E-state index contributed by atoms with van der Waals surface area (Å²) in [5.74, 6) is 0.296. The van der Waals surface area contributed by atoms with Crippen molar-refractivity contribution in [3.05, 3.63) is 18.2 Å². The molecule has 3 heterocycles. The van der Waals surface area contributed by atoms with Crippen LogP contribution in [0.15, 0.2) is 12.4 Å². The minimum absolute atomic E-state index is 0.177. The van der Waals surface area contributed by atoms with Crippen LogP contribution in [-0.4, -0.2) is 55.5 Å². The van der Waals surface area contributed by atoms with Gasteiger partial charge in [-0.05, 0) is 31.6 Å². The molecule has 1 saturated carbocycles. The number of aromatic nitrogens is 2. The Morgan fingerprint density at radius 3 is 2.58 bits per heavy atom. The van der Waals surface area contributed by atoms with Crippen LogP contribution in [-0.2, 0) is 14.8 Å². The second-order valence-electron chi connectivity index (χ2n) is 7.05. The van der Waals surface area contributed by atoms with E-state index in [9.17, 15) is 12.8 Å². The molecule has 0 aromatic carbocycles. The first-order chi connectivity index (χ1) is 11.5. The number of halogens is 1. The predicted molar refractivity (Wildman–Crippen MR) is 85.6 cm³/mol.